The van der Waals surface area contributed by atoms with Crippen molar-refractivity contribution in [1.29, 1.82) is 0 Å². The molecule has 2 aromatic rings. The fourth-order valence-corrected chi connectivity index (χ4v) is 3.79. The highest BCUT2D eigenvalue weighted by Crippen LogP contribution is 2.38. The van der Waals surface area contributed by atoms with Gasteiger partial charge in [0, 0.05) is 26.2 Å². The van der Waals surface area contributed by atoms with Crippen LogP contribution in [0, 0.1) is 5.82 Å². The molecule has 7 heteroatoms. The van der Waals surface area contributed by atoms with Crippen LogP contribution in [-0.2, 0) is 13.0 Å². The number of rotatable bonds is 7. The van der Waals surface area contributed by atoms with Crippen molar-refractivity contribution >= 4 is 6.03 Å². The number of fused-ring (bicyclic) bond motifs is 1. The zero-order chi connectivity index (χ0) is 20.8. The van der Waals surface area contributed by atoms with Crippen molar-refractivity contribution in [3.63, 3.8) is 0 Å². The first-order valence-electron chi connectivity index (χ1n) is 9.80. The van der Waals surface area contributed by atoms with Gasteiger partial charge in [-0.2, -0.15) is 0 Å². The van der Waals surface area contributed by atoms with E-state index in [2.05, 4.69) is 15.5 Å². The van der Waals surface area contributed by atoms with Crippen LogP contribution >= 0.6 is 0 Å². The van der Waals surface area contributed by atoms with Crippen LogP contribution in [0.2, 0.25) is 0 Å². The van der Waals surface area contributed by atoms with Gasteiger partial charge in [0.1, 0.15) is 5.82 Å². The predicted octanol–water partition coefficient (Wildman–Crippen LogP) is 3.26. The van der Waals surface area contributed by atoms with Crippen molar-refractivity contribution in [2.24, 2.45) is 0 Å². The second-order valence-electron chi connectivity index (χ2n) is 7.01. The number of halogens is 1. The second kappa shape index (κ2) is 9.60. The van der Waals surface area contributed by atoms with Gasteiger partial charge in [0.2, 0.25) is 0 Å². The monoisotopic (exact) mass is 401 g/mol. The third-order valence-corrected chi connectivity index (χ3v) is 5.18. The third kappa shape index (κ3) is 4.98. The zero-order valence-electron chi connectivity index (χ0n) is 17.1. The summed E-state index contributed by atoms with van der Waals surface area (Å²) in [6.07, 6.45) is 0.836. The maximum Gasteiger partial charge on any atom is 0.314 e. The molecule has 156 valence electrons. The highest BCUT2D eigenvalue weighted by molar-refractivity contribution is 5.73. The lowest BCUT2D eigenvalue weighted by Crippen LogP contribution is -2.44. The quantitative estimate of drug-likeness (QED) is 0.748. The first-order valence-corrected chi connectivity index (χ1v) is 9.80. The molecular weight excluding hydrogens is 373 g/mol. The van der Waals surface area contributed by atoms with E-state index in [0.717, 1.165) is 24.1 Å². The normalized spacial score (nSPS) is 16.1. The van der Waals surface area contributed by atoms with Gasteiger partial charge in [-0.1, -0.05) is 12.1 Å². The molecule has 0 spiro atoms. The Morgan fingerprint density at radius 1 is 1.17 bits per heavy atom. The van der Waals surface area contributed by atoms with Crippen LogP contribution in [-0.4, -0.2) is 44.8 Å². The minimum atomic E-state index is -0.247. The summed E-state index contributed by atoms with van der Waals surface area (Å²) < 4.78 is 24.6. The molecule has 0 aliphatic carbocycles. The molecule has 29 heavy (non-hydrogen) atoms. The molecule has 0 saturated heterocycles. The Hall–Kier alpha value is -2.80. The summed E-state index contributed by atoms with van der Waals surface area (Å²) in [7, 11) is 3.23. The Bertz CT molecular complexity index is 859. The van der Waals surface area contributed by atoms with E-state index < -0.39 is 0 Å². The molecule has 0 fully saturated rings. The average molecular weight is 401 g/mol. The number of urea groups is 1. The first-order chi connectivity index (χ1) is 14.0. The van der Waals surface area contributed by atoms with Gasteiger partial charge in [-0.05, 0) is 54.3 Å². The number of nitrogens with zero attached hydrogens (tertiary/aromatic N) is 1. The third-order valence-electron chi connectivity index (χ3n) is 5.18. The number of nitrogens with one attached hydrogen (secondary N) is 2. The Morgan fingerprint density at radius 2 is 1.93 bits per heavy atom. The molecule has 2 amide bonds. The van der Waals surface area contributed by atoms with E-state index in [0.29, 0.717) is 31.1 Å². The molecule has 0 radical (unpaired) electrons. The number of ether oxygens (including phenoxy) is 2. The zero-order valence-corrected chi connectivity index (χ0v) is 17.1. The van der Waals surface area contributed by atoms with Crippen molar-refractivity contribution in [1.82, 2.24) is 15.5 Å². The summed E-state index contributed by atoms with van der Waals surface area (Å²) in [4.78, 5) is 14.3. The van der Waals surface area contributed by atoms with Crippen LogP contribution in [0.3, 0.4) is 0 Å². The minimum Gasteiger partial charge on any atom is -0.493 e. The van der Waals surface area contributed by atoms with Gasteiger partial charge in [0.05, 0.1) is 20.3 Å². The lowest BCUT2D eigenvalue weighted by atomic mass is 9.91. The molecule has 0 saturated carbocycles. The molecule has 1 heterocycles. The largest absolute Gasteiger partial charge is 0.493 e. The van der Waals surface area contributed by atoms with Crippen molar-refractivity contribution in [2.75, 3.05) is 33.9 Å². The number of benzene rings is 2. The Labute approximate surface area is 171 Å². The van der Waals surface area contributed by atoms with E-state index in [1.165, 1.54) is 11.6 Å². The Balaban J connectivity index is 1.91. The van der Waals surface area contributed by atoms with Crippen LogP contribution in [0.5, 0.6) is 11.5 Å². The highest BCUT2D eigenvalue weighted by Gasteiger charge is 2.29. The van der Waals surface area contributed by atoms with E-state index in [4.69, 9.17) is 9.47 Å². The standard InChI is InChI=1S/C22H28FN3O3/c1-4-24-22(27)25-13-19-18-12-21(29-3)20(28-2)11-16(18)8-9-26(19)14-15-6-5-7-17(23)10-15/h5-7,10-12,19H,4,8-9,13-14H2,1-3H3,(H2,24,25,27)/t19-/m0/s1. The van der Waals surface area contributed by atoms with Gasteiger partial charge in [0.15, 0.2) is 11.5 Å². The number of carbonyl (C=O) groups is 1. The van der Waals surface area contributed by atoms with E-state index in [1.807, 2.05) is 25.1 Å². The summed E-state index contributed by atoms with van der Waals surface area (Å²) in [5.74, 6) is 1.10. The van der Waals surface area contributed by atoms with E-state index >= 15 is 0 Å². The SMILES string of the molecule is CCNC(=O)NC[C@H]1c2cc(OC)c(OC)cc2CCN1Cc1cccc(F)c1. The van der Waals surface area contributed by atoms with Crippen LogP contribution < -0.4 is 20.1 Å². The van der Waals surface area contributed by atoms with Gasteiger partial charge >= 0.3 is 6.03 Å². The summed E-state index contributed by atoms with van der Waals surface area (Å²) in [6.45, 7) is 4.26. The number of carbonyl (C=O) groups excluding carboxylic acids is 1. The molecule has 0 bridgehead atoms. The Morgan fingerprint density at radius 3 is 2.62 bits per heavy atom. The molecule has 0 aromatic heterocycles. The number of methoxy groups -OCH3 is 2. The smallest absolute Gasteiger partial charge is 0.314 e. The number of hydrogen-bond acceptors (Lipinski definition) is 4. The number of hydrogen-bond donors (Lipinski definition) is 2. The first kappa shape index (κ1) is 20.9. The predicted molar refractivity (Wildman–Crippen MR) is 110 cm³/mol. The molecule has 6 nitrogen and oxygen atoms in total. The molecule has 1 aliphatic rings. The Kier molecular flexibility index (Phi) is 6.93. The van der Waals surface area contributed by atoms with E-state index in [1.54, 1.807) is 26.4 Å². The van der Waals surface area contributed by atoms with Crippen molar-refractivity contribution in [2.45, 2.75) is 25.9 Å². The minimum absolute atomic E-state index is 0.0653. The summed E-state index contributed by atoms with van der Waals surface area (Å²) in [5.41, 5.74) is 3.15. The van der Waals surface area contributed by atoms with Gasteiger partial charge < -0.3 is 20.1 Å². The fourth-order valence-electron chi connectivity index (χ4n) is 3.79. The summed E-state index contributed by atoms with van der Waals surface area (Å²) in [6, 6.07) is 10.4. The molecule has 1 aliphatic heterocycles. The lowest BCUT2D eigenvalue weighted by Gasteiger charge is -2.38. The van der Waals surface area contributed by atoms with Gasteiger partial charge in [-0.3, -0.25) is 4.90 Å². The van der Waals surface area contributed by atoms with Gasteiger partial charge in [-0.25, -0.2) is 9.18 Å². The van der Waals surface area contributed by atoms with Crippen molar-refractivity contribution in [3.05, 3.63) is 58.9 Å². The highest BCUT2D eigenvalue weighted by atomic mass is 19.1. The van der Waals surface area contributed by atoms with Crippen LogP contribution in [0.15, 0.2) is 36.4 Å². The fraction of sp³-hybridized carbons (Fsp3) is 0.409. The van der Waals surface area contributed by atoms with Crippen molar-refractivity contribution in [3.8, 4) is 11.5 Å². The topological polar surface area (TPSA) is 62.8 Å². The lowest BCUT2D eigenvalue weighted by molar-refractivity contribution is 0.170. The van der Waals surface area contributed by atoms with Crippen LogP contribution in [0.4, 0.5) is 9.18 Å². The van der Waals surface area contributed by atoms with Gasteiger partial charge in [-0.15, -0.1) is 0 Å². The van der Waals surface area contributed by atoms with Crippen molar-refractivity contribution < 1.29 is 18.7 Å². The average Bonchev–Trinajstić information content (AvgIpc) is 2.72. The molecule has 2 N–H and O–H groups in total. The maximum atomic E-state index is 13.7. The summed E-state index contributed by atoms with van der Waals surface area (Å²) in [5, 5.41) is 5.71. The molecule has 3 rings (SSSR count). The molecular formula is C22H28FN3O3. The molecule has 1 atom stereocenters. The van der Waals surface area contributed by atoms with E-state index in [-0.39, 0.29) is 17.9 Å². The van der Waals surface area contributed by atoms with E-state index in [9.17, 15) is 9.18 Å². The van der Waals surface area contributed by atoms with Gasteiger partial charge in [0.25, 0.3) is 0 Å². The van der Waals surface area contributed by atoms with Crippen LogP contribution in [0.25, 0.3) is 0 Å². The maximum absolute atomic E-state index is 13.7. The second-order valence-corrected chi connectivity index (χ2v) is 7.01. The molecule has 0 unspecified atom stereocenters. The van der Waals surface area contributed by atoms with Crippen LogP contribution in [0.1, 0.15) is 29.7 Å². The molecule has 2 aromatic carbocycles. The number of amides is 2. The summed E-state index contributed by atoms with van der Waals surface area (Å²) >= 11 is 0.